The van der Waals surface area contributed by atoms with Crippen LogP contribution in [0.25, 0.3) is 0 Å². The van der Waals surface area contributed by atoms with Crippen LogP contribution in [0.4, 0.5) is 0 Å². The Morgan fingerprint density at radius 3 is 2.80 bits per heavy atom. The molecule has 0 aliphatic rings. The minimum Gasteiger partial charge on any atom is -0.550 e. The van der Waals surface area contributed by atoms with Gasteiger partial charge in [0.05, 0.1) is 6.61 Å². The summed E-state index contributed by atoms with van der Waals surface area (Å²) in [4.78, 5) is 10.2. The van der Waals surface area contributed by atoms with E-state index in [1.165, 1.54) is 0 Å². The van der Waals surface area contributed by atoms with Gasteiger partial charge in [-0.25, -0.2) is 0 Å². The van der Waals surface area contributed by atoms with Crippen molar-refractivity contribution in [3.63, 3.8) is 0 Å². The lowest BCUT2D eigenvalue weighted by Gasteiger charge is -2.09. The number of carboxylic acids is 1. The van der Waals surface area contributed by atoms with Gasteiger partial charge in [0, 0.05) is 5.97 Å². The molecule has 0 saturated heterocycles. The first-order chi connectivity index (χ1) is 7.09. The first-order valence-electron chi connectivity index (χ1n) is 4.99. The van der Waals surface area contributed by atoms with Crippen molar-refractivity contribution in [2.24, 2.45) is 0 Å². The van der Waals surface area contributed by atoms with E-state index >= 15 is 0 Å². The quantitative estimate of drug-likeness (QED) is 0.682. The number of aliphatic carboxylic acids is 1. The fourth-order valence-electron chi connectivity index (χ4n) is 1.26. The van der Waals surface area contributed by atoms with Crippen LogP contribution in [-0.2, 0) is 4.79 Å². The Hall–Kier alpha value is -1.51. The van der Waals surface area contributed by atoms with E-state index in [0.29, 0.717) is 13.0 Å². The van der Waals surface area contributed by atoms with Gasteiger partial charge in [0.15, 0.2) is 0 Å². The molecule has 0 radical (unpaired) electrons. The maximum absolute atomic E-state index is 10.2. The molecule has 0 heterocycles. The van der Waals surface area contributed by atoms with Crippen LogP contribution in [0, 0.1) is 13.8 Å². The second-order valence-electron chi connectivity index (χ2n) is 3.59. The van der Waals surface area contributed by atoms with Crippen LogP contribution in [0.1, 0.15) is 24.0 Å². The zero-order chi connectivity index (χ0) is 11.3. The van der Waals surface area contributed by atoms with Gasteiger partial charge in [-0.15, -0.1) is 0 Å². The Morgan fingerprint density at radius 1 is 1.40 bits per heavy atom. The van der Waals surface area contributed by atoms with Gasteiger partial charge in [0.2, 0.25) is 0 Å². The molecule has 0 aromatic heterocycles. The average Bonchev–Trinajstić information content (AvgIpc) is 2.17. The number of ether oxygens (including phenoxy) is 1. The molecular weight excluding hydrogens is 192 g/mol. The zero-order valence-corrected chi connectivity index (χ0v) is 9.08. The molecule has 1 rings (SSSR count). The highest BCUT2D eigenvalue weighted by Gasteiger charge is 1.99. The number of benzene rings is 1. The van der Waals surface area contributed by atoms with Gasteiger partial charge >= 0.3 is 0 Å². The highest BCUT2D eigenvalue weighted by molar-refractivity contribution is 5.64. The predicted molar refractivity (Wildman–Crippen MR) is 55.7 cm³/mol. The number of carbonyl (C=O) groups excluding carboxylic acids is 1. The maximum atomic E-state index is 10.2. The van der Waals surface area contributed by atoms with Crippen LogP contribution in [0.15, 0.2) is 18.2 Å². The molecule has 0 amide bonds. The summed E-state index contributed by atoms with van der Waals surface area (Å²) in [5.74, 6) is -0.201. The van der Waals surface area contributed by atoms with Gasteiger partial charge in [-0.3, -0.25) is 0 Å². The van der Waals surface area contributed by atoms with Gasteiger partial charge in [-0.2, -0.15) is 0 Å². The summed E-state index contributed by atoms with van der Waals surface area (Å²) in [5, 5.41) is 10.2. The van der Waals surface area contributed by atoms with Gasteiger partial charge in [0.1, 0.15) is 5.75 Å². The fraction of sp³-hybridized carbons (Fsp3) is 0.417. The molecular formula is C12H15O3-. The van der Waals surface area contributed by atoms with Crippen LogP contribution in [0.5, 0.6) is 5.75 Å². The van der Waals surface area contributed by atoms with Crippen LogP contribution < -0.4 is 9.84 Å². The summed E-state index contributed by atoms with van der Waals surface area (Å²) in [7, 11) is 0. The van der Waals surface area contributed by atoms with Crippen LogP contribution >= 0.6 is 0 Å². The lowest BCUT2D eigenvalue weighted by atomic mass is 10.1. The molecule has 0 atom stereocenters. The first-order valence-corrected chi connectivity index (χ1v) is 4.99. The van der Waals surface area contributed by atoms with Gasteiger partial charge in [0.25, 0.3) is 0 Å². The molecule has 1 aromatic rings. The van der Waals surface area contributed by atoms with E-state index in [1.807, 2.05) is 32.0 Å². The van der Waals surface area contributed by atoms with E-state index in [-0.39, 0.29) is 6.42 Å². The highest BCUT2D eigenvalue weighted by atomic mass is 16.5. The maximum Gasteiger partial charge on any atom is 0.122 e. The van der Waals surface area contributed by atoms with Crippen molar-refractivity contribution in [1.82, 2.24) is 0 Å². The molecule has 15 heavy (non-hydrogen) atoms. The van der Waals surface area contributed by atoms with Crippen molar-refractivity contribution in [3.8, 4) is 5.75 Å². The summed E-state index contributed by atoms with van der Waals surface area (Å²) < 4.78 is 5.48. The standard InChI is InChI=1S/C12H16O3/c1-9-5-6-10(2)11(8-9)15-7-3-4-12(13)14/h5-6,8H,3-4,7H2,1-2H3,(H,13,14)/p-1. The average molecular weight is 207 g/mol. The summed E-state index contributed by atoms with van der Waals surface area (Å²) in [6, 6.07) is 5.96. The molecule has 82 valence electrons. The molecule has 3 nitrogen and oxygen atoms in total. The molecule has 0 saturated carbocycles. The summed E-state index contributed by atoms with van der Waals surface area (Å²) in [5.41, 5.74) is 2.20. The number of hydrogen-bond donors (Lipinski definition) is 0. The molecule has 0 fully saturated rings. The van der Waals surface area contributed by atoms with Crippen LogP contribution in [0.2, 0.25) is 0 Å². The second-order valence-corrected chi connectivity index (χ2v) is 3.59. The van der Waals surface area contributed by atoms with Gasteiger partial charge < -0.3 is 14.6 Å². The molecule has 0 spiro atoms. The number of rotatable bonds is 5. The number of aryl methyl sites for hydroxylation is 2. The van der Waals surface area contributed by atoms with Crippen molar-refractivity contribution in [1.29, 1.82) is 0 Å². The van der Waals surface area contributed by atoms with E-state index < -0.39 is 5.97 Å². The Bertz CT molecular complexity index is 345. The van der Waals surface area contributed by atoms with Crippen molar-refractivity contribution in [2.75, 3.05) is 6.61 Å². The number of hydrogen-bond acceptors (Lipinski definition) is 3. The predicted octanol–water partition coefficient (Wildman–Crippen LogP) is 1.21. The van der Waals surface area contributed by atoms with Crippen molar-refractivity contribution < 1.29 is 14.6 Å². The summed E-state index contributed by atoms with van der Waals surface area (Å²) in [6.45, 7) is 4.37. The first kappa shape index (κ1) is 11.6. The van der Waals surface area contributed by atoms with Crippen molar-refractivity contribution in [3.05, 3.63) is 29.3 Å². The van der Waals surface area contributed by atoms with Crippen LogP contribution in [-0.4, -0.2) is 12.6 Å². The van der Waals surface area contributed by atoms with Crippen molar-refractivity contribution in [2.45, 2.75) is 26.7 Å². The molecule has 0 aliphatic carbocycles. The molecule has 0 unspecified atom stereocenters. The molecule has 0 N–H and O–H groups in total. The molecule has 0 bridgehead atoms. The molecule has 0 aliphatic heterocycles. The summed E-state index contributed by atoms with van der Waals surface area (Å²) in [6.07, 6.45) is 0.528. The number of carbonyl (C=O) groups is 1. The van der Waals surface area contributed by atoms with E-state index in [0.717, 1.165) is 16.9 Å². The Balaban J connectivity index is 2.43. The van der Waals surface area contributed by atoms with E-state index in [4.69, 9.17) is 4.74 Å². The Morgan fingerprint density at radius 2 is 2.13 bits per heavy atom. The fourth-order valence-corrected chi connectivity index (χ4v) is 1.26. The topological polar surface area (TPSA) is 49.4 Å². The normalized spacial score (nSPS) is 10.0. The molecule has 1 aromatic carbocycles. The smallest absolute Gasteiger partial charge is 0.122 e. The highest BCUT2D eigenvalue weighted by Crippen LogP contribution is 2.19. The second kappa shape index (κ2) is 5.39. The zero-order valence-electron chi connectivity index (χ0n) is 9.08. The van der Waals surface area contributed by atoms with E-state index in [2.05, 4.69) is 0 Å². The Labute approximate surface area is 89.7 Å². The Kier molecular flexibility index (Phi) is 4.16. The van der Waals surface area contributed by atoms with E-state index in [9.17, 15) is 9.90 Å². The number of carboxylic acid groups (broad SMARTS) is 1. The largest absolute Gasteiger partial charge is 0.550 e. The molecule has 3 heteroatoms. The minimum absolute atomic E-state index is 0.0465. The lowest BCUT2D eigenvalue weighted by molar-refractivity contribution is -0.305. The van der Waals surface area contributed by atoms with Gasteiger partial charge in [-0.05, 0) is 43.9 Å². The minimum atomic E-state index is -1.03. The SMILES string of the molecule is Cc1ccc(C)c(OCCCC(=O)[O-])c1. The van der Waals surface area contributed by atoms with E-state index in [1.54, 1.807) is 0 Å². The van der Waals surface area contributed by atoms with Crippen molar-refractivity contribution >= 4 is 5.97 Å². The monoisotopic (exact) mass is 207 g/mol. The van der Waals surface area contributed by atoms with Crippen LogP contribution in [0.3, 0.4) is 0 Å². The lowest BCUT2D eigenvalue weighted by Crippen LogP contribution is -2.22. The third-order valence-corrected chi connectivity index (χ3v) is 2.13. The van der Waals surface area contributed by atoms with Gasteiger partial charge in [-0.1, -0.05) is 12.1 Å². The third kappa shape index (κ3) is 4.02. The summed E-state index contributed by atoms with van der Waals surface area (Å²) >= 11 is 0. The third-order valence-electron chi connectivity index (χ3n) is 2.13.